The molecule has 1 aliphatic rings. The van der Waals surface area contributed by atoms with Gasteiger partial charge in [-0.1, -0.05) is 24.3 Å². The fourth-order valence-electron chi connectivity index (χ4n) is 3.60. The second-order valence-electron chi connectivity index (χ2n) is 6.71. The van der Waals surface area contributed by atoms with Crippen LogP contribution in [0.15, 0.2) is 43.0 Å². The topological polar surface area (TPSA) is 78.2 Å². The Labute approximate surface area is 141 Å². The number of hydrogen-bond acceptors (Lipinski definition) is 5. The van der Waals surface area contributed by atoms with Gasteiger partial charge in [0.1, 0.15) is 12.0 Å². The third-order valence-corrected chi connectivity index (χ3v) is 5.10. The first kappa shape index (κ1) is 13.1. The van der Waals surface area contributed by atoms with Crippen molar-refractivity contribution in [2.24, 2.45) is 5.92 Å². The Kier molecular flexibility index (Phi) is 2.30. The van der Waals surface area contributed by atoms with Crippen molar-refractivity contribution in [2.45, 2.75) is 19.3 Å². The summed E-state index contributed by atoms with van der Waals surface area (Å²) in [5, 5.41) is 18.4. The largest absolute Gasteiger partial charge is 0.284 e. The van der Waals surface area contributed by atoms with E-state index in [-0.39, 0.29) is 0 Å². The van der Waals surface area contributed by atoms with Crippen LogP contribution in [0.4, 0.5) is 0 Å². The molecule has 0 spiro atoms. The minimum absolute atomic E-state index is 0.517. The van der Waals surface area contributed by atoms with Crippen LogP contribution in [0.1, 0.15) is 25.0 Å². The summed E-state index contributed by atoms with van der Waals surface area (Å²) in [7, 11) is 0. The number of fused-ring (bicyclic) bond motifs is 6. The molecule has 4 aromatic heterocycles. The number of aromatic nitrogens is 8. The molecule has 1 saturated carbocycles. The molecular weight excluding hydrogens is 316 g/mol. The molecule has 1 aromatic carbocycles. The van der Waals surface area contributed by atoms with Crippen molar-refractivity contribution >= 4 is 22.2 Å². The number of para-hydroxylation sites is 1. The molecule has 1 aliphatic carbocycles. The Morgan fingerprint density at radius 3 is 2.88 bits per heavy atom. The highest BCUT2D eigenvalue weighted by atomic mass is 15.5. The first-order chi connectivity index (χ1) is 12.3. The van der Waals surface area contributed by atoms with Crippen molar-refractivity contribution in [3.8, 4) is 5.95 Å². The Hall–Kier alpha value is -3.29. The molecule has 122 valence electrons. The van der Waals surface area contributed by atoms with Gasteiger partial charge in [-0.2, -0.15) is 4.68 Å². The van der Waals surface area contributed by atoms with E-state index in [0.29, 0.717) is 17.8 Å². The molecule has 0 saturated heterocycles. The van der Waals surface area contributed by atoms with Crippen molar-refractivity contribution in [1.29, 1.82) is 0 Å². The number of nitrogens with zero attached hydrogens (tertiary/aromatic N) is 8. The smallest absolute Gasteiger partial charge is 0.259 e. The lowest BCUT2D eigenvalue weighted by Crippen LogP contribution is -2.04. The highest BCUT2D eigenvalue weighted by Gasteiger charge is 2.36. The standard InChI is InChI=1S/C17H14N8/c1-10-6-12(10)13-8-24(22-19-13)17-21-20-16-11-4-2-3-5-14(11)23-9-18-7-15(23)25(16)17/h2-5,7-10,12H,6H2,1H3. The molecule has 0 bridgehead atoms. The summed E-state index contributed by atoms with van der Waals surface area (Å²) in [6.45, 7) is 2.23. The Morgan fingerprint density at radius 2 is 2.00 bits per heavy atom. The highest BCUT2D eigenvalue weighted by molar-refractivity contribution is 5.94. The highest BCUT2D eigenvalue weighted by Crippen LogP contribution is 2.45. The third-order valence-electron chi connectivity index (χ3n) is 5.10. The van der Waals surface area contributed by atoms with Crippen molar-refractivity contribution in [3.63, 3.8) is 0 Å². The van der Waals surface area contributed by atoms with Gasteiger partial charge in [0.15, 0.2) is 5.65 Å². The Balaban J connectivity index is 1.68. The number of imidazole rings is 1. The van der Waals surface area contributed by atoms with Gasteiger partial charge >= 0.3 is 0 Å². The van der Waals surface area contributed by atoms with Gasteiger partial charge in [0.2, 0.25) is 0 Å². The zero-order valence-corrected chi connectivity index (χ0v) is 13.5. The van der Waals surface area contributed by atoms with Gasteiger partial charge in [0.05, 0.1) is 23.6 Å². The van der Waals surface area contributed by atoms with Crippen molar-refractivity contribution in [1.82, 2.24) is 39.0 Å². The van der Waals surface area contributed by atoms with E-state index in [9.17, 15) is 0 Å². The zero-order chi connectivity index (χ0) is 16.5. The van der Waals surface area contributed by atoms with Crippen LogP contribution in [0.2, 0.25) is 0 Å². The second-order valence-corrected chi connectivity index (χ2v) is 6.71. The van der Waals surface area contributed by atoms with E-state index < -0.39 is 0 Å². The van der Waals surface area contributed by atoms with Crippen LogP contribution >= 0.6 is 0 Å². The second kappa shape index (κ2) is 4.41. The lowest BCUT2D eigenvalue weighted by atomic mass is 10.2. The number of benzene rings is 1. The van der Waals surface area contributed by atoms with Gasteiger partial charge in [-0.25, -0.2) is 9.38 Å². The van der Waals surface area contributed by atoms with Crippen LogP contribution in [-0.4, -0.2) is 39.0 Å². The third kappa shape index (κ3) is 1.68. The first-order valence-electron chi connectivity index (χ1n) is 8.32. The van der Waals surface area contributed by atoms with Crippen LogP contribution < -0.4 is 0 Å². The molecule has 8 heteroatoms. The maximum Gasteiger partial charge on any atom is 0.259 e. The van der Waals surface area contributed by atoms with E-state index in [0.717, 1.165) is 27.9 Å². The predicted molar refractivity (Wildman–Crippen MR) is 90.7 cm³/mol. The molecular formula is C17H14N8. The Bertz CT molecular complexity index is 1260. The van der Waals surface area contributed by atoms with Gasteiger partial charge in [-0.3, -0.25) is 4.40 Å². The zero-order valence-electron chi connectivity index (χ0n) is 13.5. The molecule has 0 radical (unpaired) electrons. The average molecular weight is 330 g/mol. The van der Waals surface area contributed by atoms with Crippen molar-refractivity contribution in [3.05, 3.63) is 48.7 Å². The molecule has 5 aromatic rings. The Morgan fingerprint density at radius 1 is 1.12 bits per heavy atom. The monoisotopic (exact) mass is 330 g/mol. The summed E-state index contributed by atoms with van der Waals surface area (Å²) in [4.78, 5) is 4.31. The summed E-state index contributed by atoms with van der Waals surface area (Å²) in [6.07, 6.45) is 6.76. The molecule has 2 unspecified atom stereocenters. The molecule has 2 atom stereocenters. The van der Waals surface area contributed by atoms with Gasteiger partial charge in [-0.15, -0.1) is 15.3 Å². The van der Waals surface area contributed by atoms with Gasteiger partial charge < -0.3 is 0 Å². The predicted octanol–water partition coefficient (Wildman–Crippen LogP) is 2.23. The van der Waals surface area contributed by atoms with E-state index in [2.05, 4.69) is 38.5 Å². The van der Waals surface area contributed by atoms with Crippen LogP contribution in [0.3, 0.4) is 0 Å². The van der Waals surface area contributed by atoms with Crippen molar-refractivity contribution < 1.29 is 0 Å². The van der Waals surface area contributed by atoms with E-state index >= 15 is 0 Å². The quantitative estimate of drug-likeness (QED) is 0.496. The SMILES string of the molecule is CC1CC1c1cn(-c2nnc3c4ccccc4n4cncc4n23)nn1. The van der Waals surface area contributed by atoms with Crippen LogP contribution in [0, 0.1) is 5.92 Å². The van der Waals surface area contributed by atoms with Gasteiger partial charge in [0, 0.05) is 11.3 Å². The molecule has 0 aliphatic heterocycles. The maximum atomic E-state index is 4.42. The summed E-state index contributed by atoms with van der Waals surface area (Å²) in [5.41, 5.74) is 3.75. The lowest BCUT2D eigenvalue weighted by Gasteiger charge is -2.06. The minimum atomic E-state index is 0.517. The molecule has 0 N–H and O–H groups in total. The van der Waals surface area contributed by atoms with Crippen LogP contribution in [0.25, 0.3) is 28.1 Å². The summed E-state index contributed by atoms with van der Waals surface area (Å²) in [5.74, 6) is 1.83. The van der Waals surface area contributed by atoms with Crippen LogP contribution in [-0.2, 0) is 0 Å². The summed E-state index contributed by atoms with van der Waals surface area (Å²) < 4.78 is 5.72. The van der Waals surface area contributed by atoms with E-state index in [4.69, 9.17) is 0 Å². The van der Waals surface area contributed by atoms with Gasteiger partial charge in [0.25, 0.3) is 5.95 Å². The summed E-state index contributed by atoms with van der Waals surface area (Å²) in [6, 6.07) is 8.11. The lowest BCUT2D eigenvalue weighted by molar-refractivity contribution is 0.745. The number of rotatable bonds is 2. The molecule has 6 rings (SSSR count). The first-order valence-corrected chi connectivity index (χ1v) is 8.32. The molecule has 25 heavy (non-hydrogen) atoms. The van der Waals surface area contributed by atoms with E-state index in [1.165, 1.54) is 6.42 Å². The molecule has 1 fully saturated rings. The minimum Gasteiger partial charge on any atom is -0.284 e. The normalized spacial score (nSPS) is 20.0. The van der Waals surface area contributed by atoms with E-state index in [1.54, 1.807) is 11.0 Å². The van der Waals surface area contributed by atoms with Crippen molar-refractivity contribution in [2.75, 3.05) is 0 Å². The molecule has 8 nitrogen and oxygen atoms in total. The summed E-state index contributed by atoms with van der Waals surface area (Å²) >= 11 is 0. The number of hydrogen-bond donors (Lipinski definition) is 0. The van der Waals surface area contributed by atoms with E-state index in [1.807, 2.05) is 39.4 Å². The van der Waals surface area contributed by atoms with Crippen LogP contribution in [0.5, 0.6) is 0 Å². The average Bonchev–Trinajstić information content (AvgIpc) is 3.12. The fraction of sp³-hybridized carbons (Fsp3) is 0.235. The maximum absolute atomic E-state index is 4.42. The molecule has 0 amide bonds. The fourth-order valence-corrected chi connectivity index (χ4v) is 3.60. The van der Waals surface area contributed by atoms with Gasteiger partial charge in [-0.05, 0) is 24.5 Å². The molecule has 4 heterocycles.